The Bertz CT molecular complexity index is 428. The van der Waals surface area contributed by atoms with E-state index in [9.17, 15) is 0 Å². The van der Waals surface area contributed by atoms with Gasteiger partial charge in [-0.25, -0.2) is 0 Å². The van der Waals surface area contributed by atoms with Crippen LogP contribution in [0.15, 0.2) is 24.3 Å². The molecule has 1 N–H and O–H groups in total. The molecule has 0 saturated carbocycles. The Hall–Kier alpha value is -1.26. The zero-order chi connectivity index (χ0) is 14.5. The Labute approximate surface area is 128 Å². The second-order valence-corrected chi connectivity index (χ2v) is 6.00. The van der Waals surface area contributed by atoms with Gasteiger partial charge in [-0.3, -0.25) is 0 Å². The minimum absolute atomic E-state index is 0.656. The second-order valence-electron chi connectivity index (χ2n) is 6.00. The van der Waals surface area contributed by atoms with Crippen LogP contribution in [-0.4, -0.2) is 52.0 Å². The molecule has 2 heterocycles. The molecule has 2 aliphatic rings. The summed E-state index contributed by atoms with van der Waals surface area (Å²) in [6, 6.07) is 9.71. The molecule has 0 amide bonds. The van der Waals surface area contributed by atoms with Crippen molar-refractivity contribution < 1.29 is 4.74 Å². The number of nitrogens with one attached hydrogen (secondary N) is 1. The molecular weight excluding hydrogens is 262 g/mol. The van der Waals surface area contributed by atoms with Crippen LogP contribution in [0.4, 0.5) is 11.4 Å². The number of nitrogens with zero attached hydrogens (tertiary/aromatic N) is 2. The predicted molar refractivity (Wildman–Crippen MR) is 88.4 cm³/mol. The average molecular weight is 289 g/mol. The minimum Gasteiger partial charge on any atom is -0.378 e. The molecule has 0 aromatic heterocycles. The van der Waals surface area contributed by atoms with Crippen molar-refractivity contribution in [3.05, 3.63) is 24.3 Å². The molecule has 21 heavy (non-hydrogen) atoms. The molecule has 1 atom stereocenters. The molecule has 116 valence electrons. The summed E-state index contributed by atoms with van der Waals surface area (Å²) in [4.78, 5) is 4.90. The number of hydrogen-bond donors (Lipinski definition) is 1. The third kappa shape index (κ3) is 3.69. The summed E-state index contributed by atoms with van der Waals surface area (Å²) in [6.07, 6.45) is 2.47. The van der Waals surface area contributed by atoms with Crippen molar-refractivity contribution in [2.45, 2.75) is 25.8 Å². The molecule has 1 aromatic carbocycles. The lowest BCUT2D eigenvalue weighted by Gasteiger charge is -2.29. The number of ether oxygens (including phenoxy) is 1. The fourth-order valence-corrected chi connectivity index (χ4v) is 3.21. The molecule has 0 radical (unpaired) electrons. The van der Waals surface area contributed by atoms with Gasteiger partial charge in [0.1, 0.15) is 0 Å². The quantitative estimate of drug-likeness (QED) is 0.898. The lowest BCUT2D eigenvalue weighted by molar-refractivity contribution is 0.122. The van der Waals surface area contributed by atoms with Gasteiger partial charge in [0.05, 0.1) is 13.2 Å². The predicted octanol–water partition coefficient (Wildman–Crippen LogP) is 2.10. The largest absolute Gasteiger partial charge is 0.378 e. The number of rotatable bonds is 5. The number of morpholine rings is 1. The summed E-state index contributed by atoms with van der Waals surface area (Å²) in [7, 11) is 0. The minimum atomic E-state index is 0.656. The zero-order valence-corrected chi connectivity index (χ0v) is 13.1. The third-order valence-electron chi connectivity index (χ3n) is 4.46. The summed E-state index contributed by atoms with van der Waals surface area (Å²) in [5, 5.41) is 3.63. The number of benzene rings is 1. The van der Waals surface area contributed by atoms with Gasteiger partial charge in [-0.05, 0) is 43.7 Å². The maximum Gasteiger partial charge on any atom is 0.0642 e. The SMILES string of the molecule is CCCNC1CCN(c2ccc(N3CCOCC3)cc2)C1. The van der Waals surface area contributed by atoms with Gasteiger partial charge >= 0.3 is 0 Å². The van der Waals surface area contributed by atoms with E-state index in [4.69, 9.17) is 4.74 Å². The molecule has 1 unspecified atom stereocenters. The Morgan fingerprint density at radius 3 is 2.38 bits per heavy atom. The Morgan fingerprint density at radius 2 is 1.71 bits per heavy atom. The van der Waals surface area contributed by atoms with Gasteiger partial charge in [-0.1, -0.05) is 6.92 Å². The molecule has 2 saturated heterocycles. The summed E-state index contributed by atoms with van der Waals surface area (Å²) in [5.74, 6) is 0. The van der Waals surface area contributed by atoms with Gasteiger partial charge in [0, 0.05) is 43.6 Å². The van der Waals surface area contributed by atoms with Gasteiger partial charge in [0.25, 0.3) is 0 Å². The number of hydrogen-bond acceptors (Lipinski definition) is 4. The molecule has 0 spiro atoms. The highest BCUT2D eigenvalue weighted by molar-refractivity contribution is 5.57. The first-order valence-corrected chi connectivity index (χ1v) is 8.28. The van der Waals surface area contributed by atoms with Crippen molar-refractivity contribution in [1.82, 2.24) is 5.32 Å². The van der Waals surface area contributed by atoms with Crippen molar-refractivity contribution in [3.8, 4) is 0 Å². The van der Waals surface area contributed by atoms with Crippen LogP contribution in [0.25, 0.3) is 0 Å². The van der Waals surface area contributed by atoms with Gasteiger partial charge in [-0.2, -0.15) is 0 Å². The third-order valence-corrected chi connectivity index (χ3v) is 4.46. The van der Waals surface area contributed by atoms with Crippen molar-refractivity contribution >= 4 is 11.4 Å². The average Bonchev–Trinajstić information content (AvgIpc) is 3.03. The zero-order valence-electron chi connectivity index (χ0n) is 13.1. The first-order chi connectivity index (χ1) is 10.4. The van der Waals surface area contributed by atoms with Crippen LogP contribution in [0, 0.1) is 0 Å². The lowest BCUT2D eigenvalue weighted by atomic mass is 10.2. The van der Waals surface area contributed by atoms with E-state index in [0.717, 1.165) is 45.9 Å². The second kappa shape index (κ2) is 7.14. The van der Waals surface area contributed by atoms with E-state index in [2.05, 4.69) is 46.3 Å². The molecule has 2 fully saturated rings. The first-order valence-electron chi connectivity index (χ1n) is 8.28. The van der Waals surface area contributed by atoms with E-state index in [0.29, 0.717) is 6.04 Å². The van der Waals surface area contributed by atoms with Crippen molar-refractivity contribution in [2.75, 3.05) is 55.7 Å². The Kier molecular flexibility index (Phi) is 4.99. The first kappa shape index (κ1) is 14.7. The van der Waals surface area contributed by atoms with Crippen LogP contribution >= 0.6 is 0 Å². The lowest BCUT2D eigenvalue weighted by Crippen LogP contribution is -2.36. The normalized spacial score (nSPS) is 22.8. The van der Waals surface area contributed by atoms with Gasteiger partial charge in [-0.15, -0.1) is 0 Å². The fourth-order valence-electron chi connectivity index (χ4n) is 3.21. The van der Waals surface area contributed by atoms with E-state index in [-0.39, 0.29) is 0 Å². The summed E-state index contributed by atoms with van der Waals surface area (Å²) in [5.41, 5.74) is 2.68. The Morgan fingerprint density at radius 1 is 1.05 bits per heavy atom. The molecule has 1 aromatic rings. The maximum atomic E-state index is 5.41. The summed E-state index contributed by atoms with van der Waals surface area (Å²) < 4.78 is 5.41. The molecule has 2 aliphatic heterocycles. The highest BCUT2D eigenvalue weighted by Crippen LogP contribution is 2.24. The van der Waals surface area contributed by atoms with Crippen LogP contribution in [0.2, 0.25) is 0 Å². The summed E-state index contributed by atoms with van der Waals surface area (Å²) in [6.45, 7) is 9.36. The van der Waals surface area contributed by atoms with E-state index in [1.54, 1.807) is 0 Å². The van der Waals surface area contributed by atoms with E-state index >= 15 is 0 Å². The molecular formula is C17H27N3O. The fraction of sp³-hybridized carbons (Fsp3) is 0.647. The molecule has 0 aliphatic carbocycles. The van der Waals surface area contributed by atoms with Crippen LogP contribution in [0.1, 0.15) is 19.8 Å². The smallest absolute Gasteiger partial charge is 0.0642 e. The molecule has 0 bridgehead atoms. The highest BCUT2D eigenvalue weighted by Gasteiger charge is 2.22. The van der Waals surface area contributed by atoms with Gasteiger partial charge in [0.15, 0.2) is 0 Å². The van der Waals surface area contributed by atoms with Crippen LogP contribution in [-0.2, 0) is 4.74 Å². The number of anilines is 2. The molecule has 4 heteroatoms. The van der Waals surface area contributed by atoms with E-state index in [1.807, 2.05) is 0 Å². The van der Waals surface area contributed by atoms with Gasteiger partial charge < -0.3 is 19.9 Å². The van der Waals surface area contributed by atoms with E-state index in [1.165, 1.54) is 24.2 Å². The van der Waals surface area contributed by atoms with Crippen LogP contribution in [0.3, 0.4) is 0 Å². The molecule has 4 nitrogen and oxygen atoms in total. The Balaban J connectivity index is 1.57. The van der Waals surface area contributed by atoms with Crippen LogP contribution < -0.4 is 15.1 Å². The highest BCUT2D eigenvalue weighted by atomic mass is 16.5. The molecule has 3 rings (SSSR count). The van der Waals surface area contributed by atoms with Crippen LogP contribution in [0.5, 0.6) is 0 Å². The monoisotopic (exact) mass is 289 g/mol. The van der Waals surface area contributed by atoms with Gasteiger partial charge in [0.2, 0.25) is 0 Å². The van der Waals surface area contributed by atoms with Crippen molar-refractivity contribution in [2.24, 2.45) is 0 Å². The summed E-state index contributed by atoms with van der Waals surface area (Å²) >= 11 is 0. The topological polar surface area (TPSA) is 27.7 Å². The van der Waals surface area contributed by atoms with Crippen molar-refractivity contribution in [1.29, 1.82) is 0 Å². The van der Waals surface area contributed by atoms with Crippen molar-refractivity contribution in [3.63, 3.8) is 0 Å². The standard InChI is InChI=1S/C17H27N3O/c1-2-8-18-15-7-9-20(14-15)17-5-3-16(4-6-17)19-10-12-21-13-11-19/h3-6,15,18H,2,7-14H2,1H3. The maximum absolute atomic E-state index is 5.41. The van der Waals surface area contributed by atoms with E-state index < -0.39 is 0 Å².